The van der Waals surface area contributed by atoms with Gasteiger partial charge in [0.25, 0.3) is 0 Å². The third kappa shape index (κ3) is 5.63. The van der Waals surface area contributed by atoms with Gasteiger partial charge in [-0.1, -0.05) is 25.3 Å². The molecule has 4 N–H and O–H groups in total. The highest BCUT2D eigenvalue weighted by Crippen LogP contribution is 2.45. The van der Waals surface area contributed by atoms with E-state index in [9.17, 15) is 29.4 Å². The van der Waals surface area contributed by atoms with Crippen LogP contribution in [0.4, 0.5) is 9.59 Å². The van der Waals surface area contributed by atoms with Gasteiger partial charge in [-0.25, -0.2) is 14.4 Å². The number of aliphatic hydroxyl groups is 1. The second-order valence-electron chi connectivity index (χ2n) is 7.01. The van der Waals surface area contributed by atoms with Crippen molar-refractivity contribution in [2.45, 2.75) is 18.9 Å². The Bertz CT molecular complexity index is 750. The number of hydrogen-bond donors (Lipinski definition) is 4. The van der Waals surface area contributed by atoms with Crippen molar-refractivity contribution in [2.75, 3.05) is 32.9 Å². The maximum atomic E-state index is 12.4. The van der Waals surface area contributed by atoms with Gasteiger partial charge < -0.3 is 35.2 Å². The molecule has 3 amide bonds. The fourth-order valence-corrected chi connectivity index (χ4v) is 3.75. The first-order valence-corrected chi connectivity index (χ1v) is 9.78. The number of hydrogen-bond acceptors (Lipinski definition) is 7. The van der Waals surface area contributed by atoms with E-state index < -0.39 is 30.0 Å². The van der Waals surface area contributed by atoms with Gasteiger partial charge >= 0.3 is 18.2 Å². The molecular weight excluding hydrogens is 410 g/mol. The van der Waals surface area contributed by atoms with Crippen LogP contribution in [-0.4, -0.2) is 78.1 Å². The number of carbonyl (C=O) groups excluding carboxylic acids is 3. The molecule has 0 spiro atoms. The minimum atomic E-state index is -1.28. The summed E-state index contributed by atoms with van der Waals surface area (Å²) in [7, 11) is 0. The smallest absolute Gasteiger partial charge is 0.407 e. The molecule has 0 radical (unpaired) electrons. The number of β-lactam (4-membered cyclic amide) rings is 1. The second-order valence-corrected chi connectivity index (χ2v) is 7.01. The normalized spacial score (nSPS) is 19.4. The van der Waals surface area contributed by atoms with Crippen molar-refractivity contribution in [1.29, 1.82) is 0 Å². The third-order valence-electron chi connectivity index (χ3n) is 5.11. The van der Waals surface area contributed by atoms with Crippen molar-refractivity contribution < 1.29 is 38.9 Å². The number of aliphatic carboxylic acids is 1. The molecule has 1 saturated heterocycles. The lowest BCUT2D eigenvalue weighted by Gasteiger charge is -2.43. The quantitative estimate of drug-likeness (QED) is 0.252. The molecule has 0 saturated carbocycles. The van der Waals surface area contributed by atoms with Crippen LogP contribution < -0.4 is 10.6 Å². The van der Waals surface area contributed by atoms with Gasteiger partial charge in [-0.2, -0.15) is 0 Å². The van der Waals surface area contributed by atoms with Crippen LogP contribution in [0.5, 0.6) is 0 Å². The highest BCUT2D eigenvalue weighted by molar-refractivity contribution is 5.99. The van der Waals surface area contributed by atoms with Gasteiger partial charge in [-0.15, -0.1) is 0 Å². The second kappa shape index (κ2) is 11.2. The molecule has 170 valence electrons. The summed E-state index contributed by atoms with van der Waals surface area (Å²) in [6.07, 6.45) is 1.83. The zero-order chi connectivity index (χ0) is 23.0. The molecule has 2 aliphatic heterocycles. The molecule has 0 aromatic carbocycles. The number of carboxylic acids is 1. The summed E-state index contributed by atoms with van der Waals surface area (Å²) in [6, 6.07) is -0.372. The van der Waals surface area contributed by atoms with Crippen LogP contribution in [0.2, 0.25) is 0 Å². The van der Waals surface area contributed by atoms with Crippen LogP contribution >= 0.6 is 0 Å². The van der Waals surface area contributed by atoms with Crippen LogP contribution in [0.15, 0.2) is 36.6 Å². The summed E-state index contributed by atoms with van der Waals surface area (Å²) in [5.41, 5.74) is 0.260. The Hall–Kier alpha value is -3.34. The monoisotopic (exact) mass is 437 g/mol. The predicted octanol–water partition coefficient (Wildman–Crippen LogP) is 0.379. The average Bonchev–Trinajstić information content (AvgIpc) is 3.10. The van der Waals surface area contributed by atoms with E-state index in [4.69, 9.17) is 9.47 Å². The molecule has 1 fully saturated rings. The highest BCUT2D eigenvalue weighted by atomic mass is 16.6. The Morgan fingerprint density at radius 1 is 1.13 bits per heavy atom. The van der Waals surface area contributed by atoms with Gasteiger partial charge in [-0.3, -0.25) is 4.79 Å². The molecule has 0 bridgehead atoms. The number of nitrogens with one attached hydrogen (secondary N) is 2. The van der Waals surface area contributed by atoms with Crippen molar-refractivity contribution in [3.8, 4) is 0 Å². The standard InChI is InChI=1S/C20H27N3O8/c1-3-7-30-19(28)21-10-12(11-22-20(29)31-8-4-2)14-9-15-13(5-6-24)17(25)23(15)16(14)18(26)27/h3-4,12-13,15,24H,1-2,5-11H2,(H,21,28)(H,22,29)(H,26,27)/t13-,15+/m0/s1. The Labute approximate surface area is 179 Å². The molecular formula is C20H27N3O8. The van der Waals surface area contributed by atoms with E-state index in [2.05, 4.69) is 23.8 Å². The first-order chi connectivity index (χ1) is 14.8. The maximum Gasteiger partial charge on any atom is 0.407 e. The zero-order valence-electron chi connectivity index (χ0n) is 17.0. The molecule has 11 heteroatoms. The van der Waals surface area contributed by atoms with Gasteiger partial charge in [-0.05, 0) is 18.4 Å². The van der Waals surface area contributed by atoms with Gasteiger partial charge in [0.1, 0.15) is 18.9 Å². The lowest BCUT2D eigenvalue weighted by molar-refractivity contribution is -0.155. The van der Waals surface area contributed by atoms with Crippen molar-refractivity contribution in [2.24, 2.45) is 11.8 Å². The topological polar surface area (TPSA) is 154 Å². The van der Waals surface area contributed by atoms with Crippen LogP contribution in [-0.2, 0) is 19.1 Å². The maximum absolute atomic E-state index is 12.4. The van der Waals surface area contributed by atoms with Crippen molar-refractivity contribution in [3.63, 3.8) is 0 Å². The molecule has 2 rings (SSSR count). The third-order valence-corrected chi connectivity index (χ3v) is 5.11. The number of alkyl carbamates (subject to hydrolysis) is 2. The van der Waals surface area contributed by atoms with Crippen molar-refractivity contribution in [1.82, 2.24) is 15.5 Å². The Balaban J connectivity index is 2.19. The molecule has 11 nitrogen and oxygen atoms in total. The van der Waals surface area contributed by atoms with E-state index in [0.717, 1.165) is 0 Å². The summed E-state index contributed by atoms with van der Waals surface area (Å²) in [5, 5.41) is 24.0. The van der Waals surface area contributed by atoms with E-state index in [1.54, 1.807) is 0 Å². The Kier molecular flexibility index (Phi) is 8.62. The summed E-state index contributed by atoms with van der Waals surface area (Å²) >= 11 is 0. The fraction of sp³-hybridized carbons (Fsp3) is 0.500. The van der Waals surface area contributed by atoms with Crippen LogP contribution in [0.1, 0.15) is 12.8 Å². The van der Waals surface area contributed by atoms with Gasteiger partial charge in [0, 0.05) is 25.6 Å². The number of carbonyl (C=O) groups is 4. The summed E-state index contributed by atoms with van der Waals surface area (Å²) in [4.78, 5) is 49.2. The van der Waals surface area contributed by atoms with Crippen molar-refractivity contribution >= 4 is 24.1 Å². The molecule has 0 aromatic rings. The largest absolute Gasteiger partial charge is 0.477 e. The lowest BCUT2D eigenvalue weighted by atomic mass is 9.83. The van der Waals surface area contributed by atoms with E-state index in [0.29, 0.717) is 5.57 Å². The summed E-state index contributed by atoms with van der Waals surface area (Å²) < 4.78 is 9.72. The van der Waals surface area contributed by atoms with E-state index in [-0.39, 0.29) is 63.4 Å². The van der Waals surface area contributed by atoms with E-state index >= 15 is 0 Å². The number of carboxylic acid groups (broad SMARTS) is 1. The van der Waals surface area contributed by atoms with E-state index in [1.807, 2.05) is 0 Å². The van der Waals surface area contributed by atoms with E-state index in [1.165, 1.54) is 17.1 Å². The lowest BCUT2D eigenvalue weighted by Crippen LogP contribution is -2.58. The average molecular weight is 437 g/mol. The Morgan fingerprint density at radius 3 is 2.13 bits per heavy atom. The number of aliphatic hydroxyl groups excluding tert-OH is 1. The number of ether oxygens (including phenoxy) is 2. The molecule has 0 aliphatic carbocycles. The molecule has 2 heterocycles. The molecule has 2 atom stereocenters. The van der Waals surface area contributed by atoms with Crippen LogP contribution in [0.25, 0.3) is 0 Å². The highest BCUT2D eigenvalue weighted by Gasteiger charge is 2.55. The fourth-order valence-electron chi connectivity index (χ4n) is 3.75. The number of nitrogens with zero attached hydrogens (tertiary/aromatic N) is 1. The number of rotatable bonds is 12. The minimum Gasteiger partial charge on any atom is -0.477 e. The summed E-state index contributed by atoms with van der Waals surface area (Å²) in [6.45, 7) is 6.63. The molecule has 0 unspecified atom stereocenters. The Morgan fingerprint density at radius 2 is 1.68 bits per heavy atom. The first-order valence-electron chi connectivity index (χ1n) is 9.78. The zero-order valence-corrected chi connectivity index (χ0v) is 17.0. The molecule has 0 aromatic heterocycles. The molecule has 2 aliphatic rings. The van der Waals surface area contributed by atoms with Crippen molar-refractivity contribution in [3.05, 3.63) is 36.6 Å². The van der Waals surface area contributed by atoms with Gasteiger partial charge in [0.05, 0.1) is 12.0 Å². The van der Waals surface area contributed by atoms with Crippen LogP contribution in [0, 0.1) is 11.8 Å². The van der Waals surface area contributed by atoms with Gasteiger partial charge in [0.15, 0.2) is 0 Å². The SMILES string of the molecule is C=CCOC(=O)NCC(CNC(=O)OCC=C)C1=C(C(=O)O)N2C(=O)[C@@H](CCO)[C@H]2C1. The number of amides is 3. The van der Waals surface area contributed by atoms with Gasteiger partial charge in [0.2, 0.25) is 5.91 Å². The number of fused-ring (bicyclic) bond motifs is 1. The van der Waals surface area contributed by atoms with Crippen LogP contribution in [0.3, 0.4) is 0 Å². The first kappa shape index (κ1) is 23.9. The minimum absolute atomic E-state index is 0.00110. The predicted molar refractivity (Wildman–Crippen MR) is 108 cm³/mol. The summed E-state index contributed by atoms with van der Waals surface area (Å²) in [5.74, 6) is -2.73. The molecule has 31 heavy (non-hydrogen) atoms.